The molecule has 1 N–H and O–H groups in total. The number of nitrogens with zero attached hydrogens (tertiary/aromatic N) is 3. The molecule has 2 aliphatic rings. The number of nitrogens with one attached hydrogen (secondary N) is 1. The number of anilines is 1. The second-order valence-electron chi connectivity index (χ2n) is 7.34. The minimum Gasteiger partial charge on any atom is -0.355 e. The van der Waals surface area contributed by atoms with Crippen LogP contribution in [-0.4, -0.2) is 43.8 Å². The zero-order valence-electron chi connectivity index (χ0n) is 14.5. The van der Waals surface area contributed by atoms with E-state index in [1.807, 2.05) is 0 Å². The quantitative estimate of drug-likeness (QED) is 0.824. The molecule has 1 aliphatic carbocycles. The Morgan fingerprint density at radius 2 is 2.04 bits per heavy atom. The van der Waals surface area contributed by atoms with Crippen LogP contribution in [0.25, 0.3) is 0 Å². The van der Waals surface area contributed by atoms with E-state index in [0.717, 1.165) is 49.3 Å². The number of piperidine rings is 1. The highest BCUT2D eigenvalue weighted by atomic mass is 35.5. The summed E-state index contributed by atoms with van der Waals surface area (Å²) in [4.78, 5) is 11.1. The van der Waals surface area contributed by atoms with Crippen LogP contribution < -0.4 is 9.62 Å². The summed E-state index contributed by atoms with van der Waals surface area (Å²) in [6.07, 6.45) is 4.58. The maximum Gasteiger partial charge on any atom is 0.224 e. The highest BCUT2D eigenvalue weighted by molar-refractivity contribution is 7.90. The van der Waals surface area contributed by atoms with Crippen molar-refractivity contribution in [2.75, 3.05) is 25.0 Å². The van der Waals surface area contributed by atoms with Crippen molar-refractivity contribution < 1.29 is 8.42 Å². The van der Waals surface area contributed by atoms with Crippen molar-refractivity contribution in [2.45, 2.75) is 56.6 Å². The number of rotatable bonds is 3. The molecular weight excluding hydrogens is 348 g/mol. The lowest BCUT2D eigenvalue weighted by molar-refractivity contribution is 0.415. The van der Waals surface area contributed by atoms with Crippen molar-refractivity contribution in [2.24, 2.45) is 0 Å². The van der Waals surface area contributed by atoms with Crippen LogP contribution in [0.5, 0.6) is 0 Å². The first-order chi connectivity index (χ1) is 11.2. The molecule has 1 aliphatic heterocycles. The molecular formula is C16H25ClN4O2S. The van der Waals surface area contributed by atoms with E-state index in [0.29, 0.717) is 13.0 Å². The van der Waals surface area contributed by atoms with Gasteiger partial charge >= 0.3 is 0 Å². The average molecular weight is 373 g/mol. The Labute approximate surface area is 149 Å². The van der Waals surface area contributed by atoms with Gasteiger partial charge in [0.25, 0.3) is 0 Å². The number of hydrogen-bond donors (Lipinski definition) is 1. The number of halogens is 1. The fourth-order valence-electron chi connectivity index (χ4n) is 3.87. The molecule has 1 unspecified atom stereocenters. The van der Waals surface area contributed by atoms with E-state index in [4.69, 9.17) is 11.6 Å². The Balaban J connectivity index is 1.99. The number of aromatic nitrogens is 2. The van der Waals surface area contributed by atoms with Gasteiger partial charge in [-0.3, -0.25) is 0 Å². The SMILES string of the molecule is CNS(=O)(=O)C1CCCN(c2nc(Cl)nc3c2CCCC3(C)C)C1. The van der Waals surface area contributed by atoms with Crippen LogP contribution in [0, 0.1) is 0 Å². The van der Waals surface area contributed by atoms with E-state index in [9.17, 15) is 8.42 Å². The average Bonchev–Trinajstić information content (AvgIpc) is 2.55. The number of hydrogen-bond acceptors (Lipinski definition) is 5. The van der Waals surface area contributed by atoms with E-state index in [-0.39, 0.29) is 10.7 Å². The number of sulfonamides is 1. The molecule has 1 saturated heterocycles. The Morgan fingerprint density at radius 1 is 1.29 bits per heavy atom. The van der Waals surface area contributed by atoms with E-state index < -0.39 is 15.3 Å². The molecule has 24 heavy (non-hydrogen) atoms. The fourth-order valence-corrected chi connectivity index (χ4v) is 5.22. The summed E-state index contributed by atoms with van der Waals surface area (Å²) in [5, 5.41) is -0.172. The molecule has 0 radical (unpaired) electrons. The summed E-state index contributed by atoms with van der Waals surface area (Å²) in [5.41, 5.74) is 2.13. The molecule has 0 spiro atoms. The van der Waals surface area contributed by atoms with E-state index in [2.05, 4.69) is 33.4 Å². The molecule has 1 aromatic heterocycles. The maximum absolute atomic E-state index is 12.2. The molecule has 0 bridgehead atoms. The van der Waals surface area contributed by atoms with E-state index in [1.165, 1.54) is 7.05 Å². The predicted octanol–water partition coefficient (Wildman–Crippen LogP) is 2.26. The molecule has 0 saturated carbocycles. The lowest BCUT2D eigenvalue weighted by atomic mass is 9.76. The van der Waals surface area contributed by atoms with Gasteiger partial charge in [-0.05, 0) is 50.8 Å². The van der Waals surface area contributed by atoms with E-state index >= 15 is 0 Å². The molecule has 0 amide bonds. The van der Waals surface area contributed by atoms with Gasteiger partial charge in [-0.1, -0.05) is 13.8 Å². The third-order valence-corrected chi connectivity index (χ3v) is 7.23. The summed E-state index contributed by atoms with van der Waals surface area (Å²) in [6, 6.07) is 0. The molecule has 1 aromatic rings. The second kappa shape index (κ2) is 6.42. The largest absolute Gasteiger partial charge is 0.355 e. The first-order valence-corrected chi connectivity index (χ1v) is 10.4. The highest BCUT2D eigenvalue weighted by Gasteiger charge is 2.36. The Bertz CT molecular complexity index is 736. The summed E-state index contributed by atoms with van der Waals surface area (Å²) in [6.45, 7) is 5.62. The van der Waals surface area contributed by atoms with Crippen LogP contribution in [-0.2, 0) is 21.9 Å². The van der Waals surface area contributed by atoms with Crippen LogP contribution in [0.4, 0.5) is 5.82 Å². The summed E-state index contributed by atoms with van der Waals surface area (Å²) in [5.74, 6) is 0.828. The minimum absolute atomic E-state index is 0.0266. The van der Waals surface area contributed by atoms with Crippen molar-refractivity contribution in [3.63, 3.8) is 0 Å². The Morgan fingerprint density at radius 3 is 2.75 bits per heavy atom. The minimum atomic E-state index is -3.28. The van der Waals surface area contributed by atoms with E-state index in [1.54, 1.807) is 0 Å². The summed E-state index contributed by atoms with van der Waals surface area (Å²) >= 11 is 6.20. The van der Waals surface area contributed by atoms with Crippen LogP contribution in [0.1, 0.15) is 50.8 Å². The highest BCUT2D eigenvalue weighted by Crippen LogP contribution is 2.40. The fraction of sp³-hybridized carbons (Fsp3) is 0.750. The normalized spacial score (nSPS) is 23.8. The van der Waals surface area contributed by atoms with Gasteiger partial charge in [0.05, 0.1) is 10.9 Å². The molecule has 8 heteroatoms. The topological polar surface area (TPSA) is 75.2 Å². The van der Waals surface area contributed by atoms with Gasteiger partial charge in [0.1, 0.15) is 5.82 Å². The molecule has 2 heterocycles. The molecule has 6 nitrogen and oxygen atoms in total. The molecule has 134 valence electrons. The van der Waals surface area contributed by atoms with Crippen LogP contribution in [0.2, 0.25) is 5.28 Å². The molecule has 3 rings (SSSR count). The first-order valence-electron chi connectivity index (χ1n) is 8.49. The second-order valence-corrected chi connectivity index (χ2v) is 9.84. The van der Waals surface area contributed by atoms with Gasteiger partial charge in [0.2, 0.25) is 15.3 Å². The predicted molar refractivity (Wildman–Crippen MR) is 96.2 cm³/mol. The third kappa shape index (κ3) is 3.26. The molecule has 1 fully saturated rings. The smallest absolute Gasteiger partial charge is 0.224 e. The monoisotopic (exact) mass is 372 g/mol. The maximum atomic E-state index is 12.2. The van der Waals surface area contributed by atoms with Crippen LogP contribution >= 0.6 is 11.6 Å². The van der Waals surface area contributed by atoms with Gasteiger partial charge in [-0.25, -0.2) is 23.1 Å². The third-order valence-electron chi connectivity index (χ3n) is 5.23. The van der Waals surface area contributed by atoms with Crippen LogP contribution in [0.3, 0.4) is 0 Å². The summed E-state index contributed by atoms with van der Waals surface area (Å²) in [7, 11) is -1.81. The lowest BCUT2D eigenvalue weighted by Crippen LogP contribution is -2.46. The van der Waals surface area contributed by atoms with Crippen molar-refractivity contribution in [1.82, 2.24) is 14.7 Å². The molecule has 0 aromatic carbocycles. The first kappa shape index (κ1) is 17.9. The number of fused-ring (bicyclic) bond motifs is 1. The van der Waals surface area contributed by atoms with Crippen molar-refractivity contribution in [3.05, 3.63) is 16.5 Å². The van der Waals surface area contributed by atoms with Gasteiger partial charge < -0.3 is 4.90 Å². The Kier molecular flexibility index (Phi) is 4.79. The summed E-state index contributed by atoms with van der Waals surface area (Å²) < 4.78 is 26.8. The van der Waals surface area contributed by atoms with Gasteiger partial charge in [-0.15, -0.1) is 0 Å². The zero-order chi connectivity index (χ0) is 17.5. The van der Waals surface area contributed by atoms with Crippen LogP contribution in [0.15, 0.2) is 0 Å². The standard InChI is InChI=1S/C16H25ClN4O2S/c1-16(2)8-4-7-12-13(16)19-15(17)20-14(12)21-9-5-6-11(10-21)24(22,23)18-3/h11,18H,4-10H2,1-3H3. The zero-order valence-corrected chi connectivity index (χ0v) is 16.0. The van der Waals surface area contributed by atoms with Crippen molar-refractivity contribution >= 4 is 27.4 Å². The Hall–Kier alpha value is -0.920. The lowest BCUT2D eigenvalue weighted by Gasteiger charge is -2.37. The van der Waals surface area contributed by atoms with Gasteiger partial charge in [0, 0.05) is 24.1 Å². The van der Waals surface area contributed by atoms with Crippen molar-refractivity contribution in [3.8, 4) is 0 Å². The van der Waals surface area contributed by atoms with Gasteiger partial charge in [0.15, 0.2) is 0 Å². The molecule has 1 atom stereocenters. The van der Waals surface area contributed by atoms with Crippen molar-refractivity contribution in [1.29, 1.82) is 0 Å². The van der Waals surface area contributed by atoms with Gasteiger partial charge in [-0.2, -0.15) is 0 Å².